The Morgan fingerprint density at radius 1 is 1.27 bits per heavy atom. The van der Waals surface area contributed by atoms with Crippen LogP contribution in [0.25, 0.3) is 0 Å². The van der Waals surface area contributed by atoms with Crippen molar-refractivity contribution in [1.82, 2.24) is 0 Å². The highest BCUT2D eigenvalue weighted by Crippen LogP contribution is 2.17. The Bertz CT molecular complexity index is 324. The van der Waals surface area contributed by atoms with E-state index in [2.05, 4.69) is 44.5 Å². The van der Waals surface area contributed by atoms with E-state index in [1.54, 1.807) is 0 Å². The minimum Gasteiger partial charge on any atom is -0.378 e. The second-order valence-electron chi connectivity index (χ2n) is 4.01. The van der Waals surface area contributed by atoms with Gasteiger partial charge in [0.1, 0.15) is 0 Å². The predicted octanol–water partition coefficient (Wildman–Crippen LogP) is 3.87. The fourth-order valence-corrected chi connectivity index (χ4v) is 1.53. The third kappa shape index (κ3) is 3.28. The highest BCUT2D eigenvalue weighted by atomic mass is 14.9. The summed E-state index contributed by atoms with van der Waals surface area (Å²) in [5.74, 6) is 0.496. The maximum Gasteiger partial charge on any atom is 0.0530 e. The third-order valence-corrected chi connectivity index (χ3v) is 2.42. The molecule has 80 valence electrons. The molecule has 1 heteroatoms. The molecule has 0 radical (unpaired) electrons. The maximum absolute atomic E-state index is 4.01. The smallest absolute Gasteiger partial charge is 0.0530 e. The van der Waals surface area contributed by atoms with Crippen LogP contribution in [0.3, 0.4) is 0 Å². The van der Waals surface area contributed by atoms with Crippen molar-refractivity contribution >= 4 is 5.69 Å². The Hall–Kier alpha value is -1.50. The van der Waals surface area contributed by atoms with Gasteiger partial charge in [-0.25, -0.2) is 0 Å². The summed E-state index contributed by atoms with van der Waals surface area (Å²) in [6, 6.07) is 10.4. The van der Waals surface area contributed by atoms with Gasteiger partial charge in [0.15, 0.2) is 0 Å². The van der Waals surface area contributed by atoms with Crippen molar-refractivity contribution in [3.05, 3.63) is 55.1 Å². The molecule has 0 saturated carbocycles. The van der Waals surface area contributed by atoms with Crippen LogP contribution in [-0.2, 0) is 0 Å². The standard InChI is InChI=1S/C14H19N/c1-5-12(4)14(11(2)3)15-13-9-7-6-8-10-13/h5-11,14-15H,1,4H2,2-3H3. The van der Waals surface area contributed by atoms with Gasteiger partial charge in [0.25, 0.3) is 0 Å². The maximum atomic E-state index is 4.01. The van der Waals surface area contributed by atoms with Crippen LogP contribution in [0.4, 0.5) is 5.69 Å². The number of nitrogens with one attached hydrogen (secondary N) is 1. The van der Waals surface area contributed by atoms with E-state index in [0.29, 0.717) is 5.92 Å². The van der Waals surface area contributed by atoms with Crippen LogP contribution in [-0.4, -0.2) is 6.04 Å². The fraction of sp³-hybridized carbons (Fsp3) is 0.286. The molecular weight excluding hydrogens is 182 g/mol. The summed E-state index contributed by atoms with van der Waals surface area (Å²) in [5, 5.41) is 3.46. The Balaban J connectivity index is 2.76. The molecule has 0 bridgehead atoms. The Kier molecular flexibility index (Phi) is 4.17. The van der Waals surface area contributed by atoms with E-state index < -0.39 is 0 Å². The monoisotopic (exact) mass is 201 g/mol. The van der Waals surface area contributed by atoms with Crippen LogP contribution in [0.2, 0.25) is 0 Å². The molecule has 1 aromatic carbocycles. The predicted molar refractivity (Wildman–Crippen MR) is 68.0 cm³/mol. The lowest BCUT2D eigenvalue weighted by molar-refractivity contribution is 0.587. The lowest BCUT2D eigenvalue weighted by atomic mass is 9.97. The van der Waals surface area contributed by atoms with Crippen molar-refractivity contribution in [3.63, 3.8) is 0 Å². The summed E-state index contributed by atoms with van der Waals surface area (Å²) < 4.78 is 0. The average molecular weight is 201 g/mol. The summed E-state index contributed by atoms with van der Waals surface area (Å²) in [6.07, 6.45) is 1.82. The molecule has 1 nitrogen and oxygen atoms in total. The van der Waals surface area contributed by atoms with Gasteiger partial charge < -0.3 is 5.32 Å². The Morgan fingerprint density at radius 2 is 1.87 bits per heavy atom. The van der Waals surface area contributed by atoms with E-state index in [1.807, 2.05) is 24.3 Å². The lowest BCUT2D eigenvalue weighted by Crippen LogP contribution is -2.26. The van der Waals surface area contributed by atoms with Crippen molar-refractivity contribution in [2.24, 2.45) is 5.92 Å². The summed E-state index contributed by atoms with van der Waals surface area (Å²) in [6.45, 7) is 12.1. The zero-order valence-electron chi connectivity index (χ0n) is 9.53. The number of anilines is 1. The number of rotatable bonds is 5. The SMILES string of the molecule is C=CC(=C)C(Nc1ccccc1)C(C)C. The largest absolute Gasteiger partial charge is 0.378 e. The summed E-state index contributed by atoms with van der Waals surface area (Å²) in [5.41, 5.74) is 2.16. The van der Waals surface area contributed by atoms with Gasteiger partial charge >= 0.3 is 0 Å². The first-order valence-electron chi connectivity index (χ1n) is 5.28. The molecule has 0 saturated heterocycles. The van der Waals surface area contributed by atoms with Crippen LogP contribution < -0.4 is 5.32 Å². The van der Waals surface area contributed by atoms with E-state index in [0.717, 1.165) is 11.3 Å². The summed E-state index contributed by atoms with van der Waals surface area (Å²) in [4.78, 5) is 0. The second-order valence-corrected chi connectivity index (χ2v) is 4.01. The molecule has 0 aliphatic heterocycles. The summed E-state index contributed by atoms with van der Waals surface area (Å²) >= 11 is 0. The van der Waals surface area contributed by atoms with E-state index in [1.165, 1.54) is 0 Å². The molecule has 0 fully saturated rings. The van der Waals surface area contributed by atoms with Crippen LogP contribution in [0.15, 0.2) is 55.1 Å². The molecule has 15 heavy (non-hydrogen) atoms. The number of benzene rings is 1. The van der Waals surface area contributed by atoms with Crippen molar-refractivity contribution < 1.29 is 0 Å². The van der Waals surface area contributed by atoms with Crippen LogP contribution in [0.1, 0.15) is 13.8 Å². The first-order chi connectivity index (χ1) is 7.15. The van der Waals surface area contributed by atoms with Gasteiger partial charge in [0.2, 0.25) is 0 Å². The van der Waals surface area contributed by atoms with E-state index in [4.69, 9.17) is 0 Å². The molecule has 0 heterocycles. The van der Waals surface area contributed by atoms with Crippen molar-refractivity contribution in [3.8, 4) is 0 Å². The molecule has 1 N–H and O–H groups in total. The van der Waals surface area contributed by atoms with Crippen LogP contribution in [0.5, 0.6) is 0 Å². The molecular formula is C14H19N. The normalized spacial score (nSPS) is 12.2. The van der Waals surface area contributed by atoms with E-state index in [9.17, 15) is 0 Å². The molecule has 1 unspecified atom stereocenters. The zero-order chi connectivity index (χ0) is 11.3. The first-order valence-corrected chi connectivity index (χ1v) is 5.28. The minimum atomic E-state index is 0.255. The molecule has 0 aliphatic rings. The van der Waals surface area contributed by atoms with Crippen molar-refractivity contribution in [2.45, 2.75) is 19.9 Å². The van der Waals surface area contributed by atoms with Crippen LogP contribution >= 0.6 is 0 Å². The van der Waals surface area contributed by atoms with E-state index in [-0.39, 0.29) is 6.04 Å². The van der Waals surface area contributed by atoms with Crippen molar-refractivity contribution in [2.75, 3.05) is 5.32 Å². The molecule has 1 aromatic rings. The number of para-hydroxylation sites is 1. The molecule has 0 spiro atoms. The average Bonchev–Trinajstić information content (AvgIpc) is 2.26. The summed E-state index contributed by atoms with van der Waals surface area (Å²) in [7, 11) is 0. The highest BCUT2D eigenvalue weighted by Gasteiger charge is 2.14. The second kappa shape index (κ2) is 5.40. The highest BCUT2D eigenvalue weighted by molar-refractivity contribution is 5.46. The molecule has 0 amide bonds. The first kappa shape index (κ1) is 11.6. The van der Waals surface area contributed by atoms with Gasteiger partial charge in [-0.05, 0) is 23.6 Å². The van der Waals surface area contributed by atoms with Crippen molar-refractivity contribution in [1.29, 1.82) is 0 Å². The zero-order valence-corrected chi connectivity index (χ0v) is 9.53. The van der Waals surface area contributed by atoms with E-state index >= 15 is 0 Å². The quantitative estimate of drug-likeness (QED) is 0.713. The van der Waals surface area contributed by atoms with Gasteiger partial charge in [0, 0.05) is 5.69 Å². The Morgan fingerprint density at radius 3 is 2.33 bits per heavy atom. The van der Waals surface area contributed by atoms with Gasteiger partial charge in [-0.3, -0.25) is 0 Å². The molecule has 1 rings (SSSR count). The Labute approximate surface area is 92.5 Å². The van der Waals surface area contributed by atoms with Crippen LogP contribution in [0, 0.1) is 5.92 Å². The van der Waals surface area contributed by atoms with Gasteiger partial charge in [-0.15, -0.1) is 0 Å². The number of hydrogen-bond donors (Lipinski definition) is 1. The lowest BCUT2D eigenvalue weighted by Gasteiger charge is -2.24. The van der Waals surface area contributed by atoms with Gasteiger partial charge in [0.05, 0.1) is 6.04 Å². The molecule has 0 aromatic heterocycles. The minimum absolute atomic E-state index is 0.255. The topological polar surface area (TPSA) is 12.0 Å². The fourth-order valence-electron chi connectivity index (χ4n) is 1.53. The number of hydrogen-bond acceptors (Lipinski definition) is 1. The third-order valence-electron chi connectivity index (χ3n) is 2.42. The molecule has 0 aliphatic carbocycles. The molecule has 1 atom stereocenters. The van der Waals surface area contributed by atoms with Gasteiger partial charge in [-0.2, -0.15) is 0 Å². The van der Waals surface area contributed by atoms with Gasteiger partial charge in [-0.1, -0.05) is 51.3 Å².